The van der Waals surface area contributed by atoms with Crippen LogP contribution in [0.1, 0.15) is 23.1 Å². The van der Waals surface area contributed by atoms with E-state index in [0.29, 0.717) is 5.92 Å². The molecule has 0 radical (unpaired) electrons. The summed E-state index contributed by atoms with van der Waals surface area (Å²) in [6.07, 6.45) is 1.13. The molecule has 1 saturated heterocycles. The first-order valence-electron chi connectivity index (χ1n) is 6.63. The van der Waals surface area contributed by atoms with Crippen molar-refractivity contribution in [2.24, 2.45) is 11.7 Å². The van der Waals surface area contributed by atoms with Gasteiger partial charge in [-0.2, -0.15) is 11.8 Å². The first-order valence-corrected chi connectivity index (χ1v) is 7.79. The summed E-state index contributed by atoms with van der Waals surface area (Å²) in [6.45, 7) is 6.05. The Morgan fingerprint density at radius 3 is 2.67 bits per heavy atom. The summed E-state index contributed by atoms with van der Waals surface area (Å²) >= 11 is 1.94. The van der Waals surface area contributed by atoms with Gasteiger partial charge in [0.2, 0.25) is 0 Å². The van der Waals surface area contributed by atoms with Gasteiger partial charge in [0.25, 0.3) is 0 Å². The maximum absolute atomic E-state index is 6.20. The Bertz CT molecular complexity index is 368. The molecule has 1 fully saturated rings. The van der Waals surface area contributed by atoms with Crippen molar-refractivity contribution in [2.75, 3.05) is 19.0 Å². The summed E-state index contributed by atoms with van der Waals surface area (Å²) in [6, 6.07) is 7.04. The van der Waals surface area contributed by atoms with E-state index in [-0.39, 0.29) is 6.04 Å². The molecule has 2 N–H and O–H groups in total. The predicted molar refractivity (Wildman–Crippen MR) is 79.0 cm³/mol. The minimum absolute atomic E-state index is 0.281. The highest BCUT2D eigenvalue weighted by Crippen LogP contribution is 2.21. The second-order valence-electron chi connectivity index (χ2n) is 5.30. The van der Waals surface area contributed by atoms with Crippen LogP contribution in [0, 0.1) is 19.8 Å². The third-order valence-corrected chi connectivity index (χ3v) is 4.59. The van der Waals surface area contributed by atoms with Crippen LogP contribution in [0.4, 0.5) is 0 Å². The fourth-order valence-corrected chi connectivity index (χ4v) is 3.56. The predicted octanol–water partition coefficient (Wildman–Crippen LogP) is 2.90. The first-order chi connectivity index (χ1) is 8.65. The van der Waals surface area contributed by atoms with E-state index in [1.54, 1.807) is 0 Å². The van der Waals surface area contributed by atoms with E-state index in [0.717, 1.165) is 31.1 Å². The van der Waals surface area contributed by atoms with E-state index >= 15 is 0 Å². The smallest absolute Gasteiger partial charge is 0.0510 e. The van der Waals surface area contributed by atoms with Gasteiger partial charge in [0.1, 0.15) is 0 Å². The van der Waals surface area contributed by atoms with E-state index < -0.39 is 0 Å². The van der Waals surface area contributed by atoms with Crippen molar-refractivity contribution in [3.8, 4) is 0 Å². The molecule has 1 aromatic rings. The van der Waals surface area contributed by atoms with Gasteiger partial charge in [0.05, 0.1) is 6.61 Å². The van der Waals surface area contributed by atoms with Crippen molar-refractivity contribution in [1.29, 1.82) is 0 Å². The molecule has 2 unspecified atom stereocenters. The molecule has 0 aromatic heterocycles. The molecule has 18 heavy (non-hydrogen) atoms. The number of benzene rings is 1. The van der Waals surface area contributed by atoms with E-state index in [2.05, 4.69) is 32.0 Å². The molecule has 1 aliphatic heterocycles. The zero-order valence-corrected chi connectivity index (χ0v) is 12.1. The normalized spacial score (nSPS) is 21.2. The van der Waals surface area contributed by atoms with Crippen LogP contribution in [0.25, 0.3) is 0 Å². The van der Waals surface area contributed by atoms with Crippen LogP contribution >= 0.6 is 11.8 Å². The van der Waals surface area contributed by atoms with Crippen LogP contribution < -0.4 is 5.73 Å². The lowest BCUT2D eigenvalue weighted by atomic mass is 10.0. The molecular formula is C15H23NOS. The molecule has 3 heteroatoms. The molecular weight excluding hydrogens is 242 g/mol. The minimum atomic E-state index is 0.281. The van der Waals surface area contributed by atoms with Crippen molar-refractivity contribution < 1.29 is 4.74 Å². The Morgan fingerprint density at radius 2 is 2.06 bits per heavy atom. The number of hydrogen-bond donors (Lipinski definition) is 1. The maximum Gasteiger partial charge on any atom is 0.0510 e. The quantitative estimate of drug-likeness (QED) is 0.889. The summed E-state index contributed by atoms with van der Waals surface area (Å²) in [5, 5.41) is 0. The SMILES string of the molecule is Cc1cc(C)cc(CSCC(N)C2CCOC2)c1. The van der Waals surface area contributed by atoms with Crippen LogP contribution in [0.3, 0.4) is 0 Å². The lowest BCUT2D eigenvalue weighted by Crippen LogP contribution is -2.32. The number of thioether (sulfide) groups is 1. The topological polar surface area (TPSA) is 35.2 Å². The zero-order chi connectivity index (χ0) is 13.0. The molecule has 2 nitrogen and oxygen atoms in total. The summed E-state index contributed by atoms with van der Waals surface area (Å²) in [5.41, 5.74) is 10.3. The van der Waals surface area contributed by atoms with E-state index in [1.165, 1.54) is 16.7 Å². The molecule has 0 spiro atoms. The highest BCUT2D eigenvalue weighted by molar-refractivity contribution is 7.98. The third-order valence-electron chi connectivity index (χ3n) is 3.43. The van der Waals surface area contributed by atoms with Crippen molar-refractivity contribution >= 4 is 11.8 Å². The Balaban J connectivity index is 1.77. The van der Waals surface area contributed by atoms with Crippen molar-refractivity contribution in [1.82, 2.24) is 0 Å². The Kier molecular flexibility index (Phi) is 5.10. The molecule has 2 atom stereocenters. The van der Waals surface area contributed by atoms with Gasteiger partial charge in [-0.15, -0.1) is 0 Å². The van der Waals surface area contributed by atoms with E-state index in [9.17, 15) is 0 Å². The van der Waals surface area contributed by atoms with Gasteiger partial charge in [-0.3, -0.25) is 0 Å². The Hall–Kier alpha value is -0.510. The van der Waals surface area contributed by atoms with Gasteiger partial charge in [-0.1, -0.05) is 29.3 Å². The fourth-order valence-electron chi connectivity index (χ4n) is 2.49. The van der Waals surface area contributed by atoms with Crippen molar-refractivity contribution in [3.63, 3.8) is 0 Å². The molecule has 2 rings (SSSR count). The molecule has 0 saturated carbocycles. The van der Waals surface area contributed by atoms with Gasteiger partial charge < -0.3 is 10.5 Å². The number of nitrogens with two attached hydrogens (primary N) is 1. The van der Waals surface area contributed by atoms with Gasteiger partial charge in [-0.05, 0) is 25.8 Å². The van der Waals surface area contributed by atoms with Crippen molar-refractivity contribution in [2.45, 2.75) is 32.1 Å². The third kappa shape index (κ3) is 4.01. The highest BCUT2D eigenvalue weighted by atomic mass is 32.2. The second kappa shape index (κ2) is 6.60. The van der Waals surface area contributed by atoms with E-state index in [1.807, 2.05) is 11.8 Å². The summed E-state index contributed by atoms with van der Waals surface area (Å²) in [7, 11) is 0. The average molecular weight is 265 g/mol. The summed E-state index contributed by atoms with van der Waals surface area (Å²) < 4.78 is 5.39. The van der Waals surface area contributed by atoms with Gasteiger partial charge in [0, 0.05) is 30.1 Å². The van der Waals surface area contributed by atoms with Gasteiger partial charge in [-0.25, -0.2) is 0 Å². The number of rotatable bonds is 5. The Labute approximate surface area is 114 Å². The fraction of sp³-hybridized carbons (Fsp3) is 0.600. The zero-order valence-electron chi connectivity index (χ0n) is 11.3. The van der Waals surface area contributed by atoms with Crippen LogP contribution in [0.5, 0.6) is 0 Å². The monoisotopic (exact) mass is 265 g/mol. The molecule has 1 aromatic carbocycles. The highest BCUT2D eigenvalue weighted by Gasteiger charge is 2.22. The number of aryl methyl sites for hydroxylation is 2. The summed E-state index contributed by atoms with van der Waals surface area (Å²) in [5.74, 6) is 2.65. The molecule has 0 amide bonds. The lowest BCUT2D eigenvalue weighted by Gasteiger charge is -2.17. The standard InChI is InChI=1S/C15H23NOS/c1-11-5-12(2)7-13(6-11)9-18-10-15(16)14-3-4-17-8-14/h5-7,14-15H,3-4,8-10,16H2,1-2H3. The molecule has 100 valence electrons. The minimum Gasteiger partial charge on any atom is -0.381 e. The number of hydrogen-bond acceptors (Lipinski definition) is 3. The molecule has 1 heterocycles. The molecule has 0 aliphatic carbocycles. The average Bonchev–Trinajstić information content (AvgIpc) is 2.80. The summed E-state index contributed by atoms with van der Waals surface area (Å²) in [4.78, 5) is 0. The van der Waals surface area contributed by atoms with Gasteiger partial charge in [0.15, 0.2) is 0 Å². The maximum atomic E-state index is 6.20. The second-order valence-corrected chi connectivity index (χ2v) is 6.33. The van der Waals surface area contributed by atoms with Crippen LogP contribution in [-0.4, -0.2) is 25.0 Å². The van der Waals surface area contributed by atoms with Crippen LogP contribution in [-0.2, 0) is 10.5 Å². The Morgan fingerprint density at radius 1 is 1.33 bits per heavy atom. The first kappa shape index (κ1) is 13.9. The molecule has 0 bridgehead atoms. The van der Waals surface area contributed by atoms with Crippen molar-refractivity contribution in [3.05, 3.63) is 34.9 Å². The number of ether oxygens (including phenoxy) is 1. The van der Waals surface area contributed by atoms with Gasteiger partial charge >= 0.3 is 0 Å². The van der Waals surface area contributed by atoms with Crippen LogP contribution in [0.15, 0.2) is 18.2 Å². The lowest BCUT2D eigenvalue weighted by molar-refractivity contribution is 0.182. The van der Waals surface area contributed by atoms with Crippen LogP contribution in [0.2, 0.25) is 0 Å². The largest absolute Gasteiger partial charge is 0.381 e. The molecule has 1 aliphatic rings. The van der Waals surface area contributed by atoms with E-state index in [4.69, 9.17) is 10.5 Å².